The summed E-state index contributed by atoms with van der Waals surface area (Å²) in [7, 11) is -3.45. The van der Waals surface area contributed by atoms with Crippen molar-refractivity contribution in [3.63, 3.8) is 0 Å². The zero-order valence-corrected chi connectivity index (χ0v) is 14.1. The number of sulfonamides is 1. The molecular formula is C13H15ClN4O2S2. The van der Waals surface area contributed by atoms with Gasteiger partial charge in [-0.15, -0.1) is 11.3 Å². The first-order valence-electron chi connectivity index (χ1n) is 7.20. The molecule has 4 rings (SSSR count). The lowest BCUT2D eigenvalue weighted by atomic mass is 10.0. The minimum absolute atomic E-state index is 0.0284. The van der Waals surface area contributed by atoms with E-state index in [-0.39, 0.29) is 18.1 Å². The molecule has 0 saturated carbocycles. The lowest BCUT2D eigenvalue weighted by molar-refractivity contribution is 0.175. The summed E-state index contributed by atoms with van der Waals surface area (Å²) in [6.07, 6.45) is 6.67. The van der Waals surface area contributed by atoms with Crippen molar-refractivity contribution >= 4 is 33.0 Å². The molecule has 2 aromatic rings. The van der Waals surface area contributed by atoms with E-state index < -0.39 is 10.0 Å². The second-order valence-electron chi connectivity index (χ2n) is 5.75. The average molecular weight is 359 g/mol. The molecule has 22 heavy (non-hydrogen) atoms. The highest BCUT2D eigenvalue weighted by molar-refractivity contribution is 7.91. The molecule has 0 radical (unpaired) electrons. The Hall–Kier alpha value is -0.960. The third-order valence-electron chi connectivity index (χ3n) is 4.48. The molecule has 2 aliphatic rings. The third kappa shape index (κ3) is 2.29. The van der Waals surface area contributed by atoms with Crippen molar-refractivity contribution in [3.05, 3.63) is 28.9 Å². The molecule has 0 spiro atoms. The number of hydrogen-bond donors (Lipinski definition) is 0. The second-order valence-corrected chi connectivity index (χ2v) is 9.54. The van der Waals surface area contributed by atoms with E-state index in [0.29, 0.717) is 8.55 Å². The first kappa shape index (κ1) is 14.6. The SMILES string of the molecule is O=S(=O)(c1ccc(Cl)s1)N1[C@H]2CC[C@H]1CC(n1nccn1)C2. The van der Waals surface area contributed by atoms with Gasteiger partial charge in [-0.25, -0.2) is 8.42 Å². The van der Waals surface area contributed by atoms with Gasteiger partial charge in [-0.05, 0) is 37.8 Å². The van der Waals surface area contributed by atoms with Crippen LogP contribution in [0.1, 0.15) is 31.7 Å². The van der Waals surface area contributed by atoms with Gasteiger partial charge >= 0.3 is 0 Å². The molecule has 0 aromatic carbocycles. The number of piperidine rings is 1. The number of hydrogen-bond acceptors (Lipinski definition) is 5. The van der Waals surface area contributed by atoms with Crippen LogP contribution in [0.15, 0.2) is 28.7 Å². The van der Waals surface area contributed by atoms with Crippen LogP contribution >= 0.6 is 22.9 Å². The van der Waals surface area contributed by atoms with Gasteiger partial charge in [0.05, 0.1) is 22.8 Å². The van der Waals surface area contributed by atoms with Gasteiger partial charge in [0.25, 0.3) is 10.0 Å². The summed E-state index contributed by atoms with van der Waals surface area (Å²) in [5.41, 5.74) is 0. The highest BCUT2D eigenvalue weighted by Crippen LogP contribution is 2.44. The van der Waals surface area contributed by atoms with Gasteiger partial charge in [0.1, 0.15) is 4.21 Å². The fraction of sp³-hybridized carbons (Fsp3) is 0.538. The normalized spacial score (nSPS) is 29.0. The Labute approximate surface area is 137 Å². The van der Waals surface area contributed by atoms with Crippen LogP contribution in [-0.4, -0.2) is 39.8 Å². The molecule has 2 fully saturated rings. The molecular weight excluding hydrogens is 344 g/mol. The van der Waals surface area contributed by atoms with Crippen LogP contribution in [0.5, 0.6) is 0 Å². The summed E-state index contributed by atoms with van der Waals surface area (Å²) in [5, 5.41) is 8.41. The molecule has 9 heteroatoms. The number of halogens is 1. The number of aromatic nitrogens is 3. The van der Waals surface area contributed by atoms with Crippen molar-refractivity contribution in [3.8, 4) is 0 Å². The zero-order valence-electron chi connectivity index (χ0n) is 11.7. The predicted molar refractivity (Wildman–Crippen MR) is 83.5 cm³/mol. The fourth-order valence-electron chi connectivity index (χ4n) is 3.64. The number of nitrogens with zero attached hydrogens (tertiary/aromatic N) is 4. The summed E-state index contributed by atoms with van der Waals surface area (Å²) in [6, 6.07) is 3.48. The first-order chi connectivity index (χ1) is 10.6. The largest absolute Gasteiger partial charge is 0.253 e. The first-order valence-corrected chi connectivity index (χ1v) is 9.84. The lowest BCUT2D eigenvalue weighted by Crippen LogP contribution is -2.46. The van der Waals surface area contributed by atoms with Crippen LogP contribution in [0.3, 0.4) is 0 Å². The zero-order chi connectivity index (χ0) is 15.3. The highest BCUT2D eigenvalue weighted by Gasteiger charge is 2.48. The molecule has 0 amide bonds. The van der Waals surface area contributed by atoms with Gasteiger partial charge in [0.15, 0.2) is 0 Å². The van der Waals surface area contributed by atoms with Gasteiger partial charge in [-0.3, -0.25) is 0 Å². The minimum atomic E-state index is -3.45. The molecule has 4 heterocycles. The minimum Gasteiger partial charge on any atom is -0.206 e. The topological polar surface area (TPSA) is 68.1 Å². The highest BCUT2D eigenvalue weighted by atomic mass is 35.5. The van der Waals surface area contributed by atoms with E-state index in [4.69, 9.17) is 11.6 Å². The molecule has 2 aliphatic heterocycles. The molecule has 0 aliphatic carbocycles. The van der Waals surface area contributed by atoms with Gasteiger partial charge < -0.3 is 0 Å². The van der Waals surface area contributed by atoms with E-state index in [1.54, 1.807) is 33.6 Å². The van der Waals surface area contributed by atoms with Crippen molar-refractivity contribution in [2.45, 2.75) is 48.0 Å². The van der Waals surface area contributed by atoms with Crippen molar-refractivity contribution in [2.24, 2.45) is 0 Å². The summed E-state index contributed by atoms with van der Waals surface area (Å²) in [6.45, 7) is 0. The molecule has 118 valence electrons. The van der Waals surface area contributed by atoms with Crippen LogP contribution < -0.4 is 0 Å². The van der Waals surface area contributed by atoms with Crippen LogP contribution in [-0.2, 0) is 10.0 Å². The monoisotopic (exact) mass is 358 g/mol. The Morgan fingerprint density at radius 3 is 2.27 bits per heavy atom. The summed E-state index contributed by atoms with van der Waals surface area (Å²) < 4.78 is 28.3. The number of thiophene rings is 1. The average Bonchev–Trinajstić information content (AvgIpc) is 3.19. The van der Waals surface area contributed by atoms with Crippen molar-refractivity contribution in [1.29, 1.82) is 0 Å². The molecule has 0 unspecified atom stereocenters. The van der Waals surface area contributed by atoms with Gasteiger partial charge in [0.2, 0.25) is 0 Å². The maximum absolute atomic E-state index is 12.9. The summed E-state index contributed by atoms with van der Waals surface area (Å²) in [5.74, 6) is 0. The number of rotatable bonds is 3. The summed E-state index contributed by atoms with van der Waals surface area (Å²) >= 11 is 7.02. The van der Waals surface area contributed by atoms with Crippen LogP contribution in [0.4, 0.5) is 0 Å². The number of fused-ring (bicyclic) bond motifs is 2. The van der Waals surface area contributed by atoms with Gasteiger partial charge in [0, 0.05) is 12.1 Å². The Kier molecular flexibility index (Phi) is 3.52. The van der Waals surface area contributed by atoms with Crippen LogP contribution in [0.2, 0.25) is 4.34 Å². The Balaban J connectivity index is 1.63. The van der Waals surface area contributed by atoms with E-state index in [1.165, 1.54) is 0 Å². The molecule has 2 bridgehead atoms. The van der Waals surface area contributed by atoms with Gasteiger partial charge in [-0.1, -0.05) is 11.6 Å². The summed E-state index contributed by atoms with van der Waals surface area (Å²) in [4.78, 5) is 1.72. The third-order valence-corrected chi connectivity index (χ3v) is 8.19. The molecule has 2 saturated heterocycles. The molecule has 2 aromatic heterocycles. The maximum atomic E-state index is 12.9. The Morgan fingerprint density at radius 1 is 1.09 bits per heavy atom. The molecule has 0 N–H and O–H groups in total. The molecule has 2 atom stereocenters. The maximum Gasteiger partial charge on any atom is 0.253 e. The van der Waals surface area contributed by atoms with E-state index >= 15 is 0 Å². The fourth-order valence-corrected chi connectivity index (χ4v) is 7.12. The Bertz CT molecular complexity index is 760. The second kappa shape index (κ2) is 5.30. The standard InChI is InChI=1S/C13H15ClN4O2S2/c14-12-3-4-13(21-12)22(19,20)17-9-1-2-10(17)8-11(7-9)18-15-5-6-16-18/h3-6,9-11H,1-2,7-8H2/t9-,10-/m0/s1. The van der Waals surface area contributed by atoms with E-state index in [2.05, 4.69) is 10.2 Å². The quantitative estimate of drug-likeness (QED) is 0.845. The smallest absolute Gasteiger partial charge is 0.206 e. The molecule has 6 nitrogen and oxygen atoms in total. The van der Waals surface area contributed by atoms with Crippen molar-refractivity contribution < 1.29 is 8.42 Å². The predicted octanol–water partition coefficient (Wildman–Crippen LogP) is 2.55. The van der Waals surface area contributed by atoms with Crippen molar-refractivity contribution in [1.82, 2.24) is 19.3 Å². The van der Waals surface area contributed by atoms with Crippen LogP contribution in [0.25, 0.3) is 0 Å². The van der Waals surface area contributed by atoms with E-state index in [0.717, 1.165) is 37.0 Å². The Morgan fingerprint density at radius 2 is 1.73 bits per heavy atom. The van der Waals surface area contributed by atoms with Crippen molar-refractivity contribution in [2.75, 3.05) is 0 Å². The van der Waals surface area contributed by atoms with Gasteiger partial charge in [-0.2, -0.15) is 19.3 Å². The van der Waals surface area contributed by atoms with E-state index in [1.807, 2.05) is 0 Å². The van der Waals surface area contributed by atoms with Crippen LogP contribution in [0, 0.1) is 0 Å². The lowest BCUT2D eigenvalue weighted by Gasteiger charge is -2.37. The van der Waals surface area contributed by atoms with E-state index in [9.17, 15) is 8.42 Å².